The summed E-state index contributed by atoms with van der Waals surface area (Å²) < 4.78 is 0. The van der Waals surface area contributed by atoms with Crippen LogP contribution in [0.3, 0.4) is 0 Å². The predicted octanol–water partition coefficient (Wildman–Crippen LogP) is 4.50. The molecule has 0 aromatic heterocycles. The molecule has 0 heterocycles. The molecule has 0 aliphatic heterocycles. The molecular weight excluding hydrogens is 256 g/mol. The van der Waals surface area contributed by atoms with Crippen molar-refractivity contribution in [2.24, 2.45) is 5.92 Å². The first-order valence-electron chi connectivity index (χ1n) is 6.47. The Morgan fingerprint density at radius 3 is 2.42 bits per heavy atom. The molecule has 0 radical (unpaired) electrons. The van der Waals surface area contributed by atoms with E-state index >= 15 is 0 Å². The van der Waals surface area contributed by atoms with E-state index in [1.54, 1.807) is 6.07 Å². The molecule has 1 aliphatic rings. The molecule has 3 rings (SSSR count). The van der Waals surface area contributed by atoms with Gasteiger partial charge in [0.15, 0.2) is 5.78 Å². The Labute approximate surface area is 118 Å². The highest BCUT2D eigenvalue weighted by Gasteiger charge is 2.55. The Morgan fingerprint density at radius 1 is 1.11 bits per heavy atom. The second-order valence-electron chi connectivity index (χ2n) is 5.38. The summed E-state index contributed by atoms with van der Waals surface area (Å²) in [6.45, 7) is 2.15. The first-order valence-corrected chi connectivity index (χ1v) is 6.85. The van der Waals surface area contributed by atoms with Gasteiger partial charge in [-0.1, -0.05) is 61.0 Å². The Hall–Kier alpha value is -1.60. The number of hydrogen-bond acceptors (Lipinski definition) is 1. The van der Waals surface area contributed by atoms with Crippen LogP contribution in [0.15, 0.2) is 54.6 Å². The number of carbonyl (C=O) groups is 1. The van der Waals surface area contributed by atoms with Crippen LogP contribution >= 0.6 is 11.6 Å². The van der Waals surface area contributed by atoms with Gasteiger partial charge in [0.25, 0.3) is 0 Å². The van der Waals surface area contributed by atoms with Gasteiger partial charge in [-0.25, -0.2) is 0 Å². The van der Waals surface area contributed by atoms with Crippen molar-refractivity contribution in [1.82, 2.24) is 0 Å². The van der Waals surface area contributed by atoms with Crippen molar-refractivity contribution >= 4 is 17.4 Å². The van der Waals surface area contributed by atoms with Crippen LogP contribution in [0, 0.1) is 5.92 Å². The summed E-state index contributed by atoms with van der Waals surface area (Å²) in [6, 6.07) is 17.5. The monoisotopic (exact) mass is 270 g/mol. The lowest BCUT2D eigenvalue weighted by Crippen LogP contribution is -2.12. The summed E-state index contributed by atoms with van der Waals surface area (Å²) in [5.41, 5.74) is 1.85. The number of hydrogen-bond donors (Lipinski definition) is 0. The van der Waals surface area contributed by atoms with Crippen LogP contribution in [0.5, 0.6) is 0 Å². The van der Waals surface area contributed by atoms with Crippen LogP contribution in [-0.4, -0.2) is 5.78 Å². The van der Waals surface area contributed by atoms with Gasteiger partial charge in [0.1, 0.15) is 0 Å². The van der Waals surface area contributed by atoms with Gasteiger partial charge in [0, 0.05) is 16.9 Å². The lowest BCUT2D eigenvalue weighted by Gasteiger charge is -2.11. The molecule has 2 aromatic carbocycles. The average Bonchev–Trinajstić information content (AvgIpc) is 3.13. The van der Waals surface area contributed by atoms with Crippen molar-refractivity contribution in [3.63, 3.8) is 0 Å². The second-order valence-corrected chi connectivity index (χ2v) is 5.79. The van der Waals surface area contributed by atoms with E-state index in [4.69, 9.17) is 11.6 Å². The Kier molecular flexibility index (Phi) is 2.94. The summed E-state index contributed by atoms with van der Waals surface area (Å²) in [6.07, 6.45) is 0.904. The fourth-order valence-corrected chi connectivity index (χ4v) is 2.96. The van der Waals surface area contributed by atoms with Crippen molar-refractivity contribution in [2.45, 2.75) is 18.8 Å². The van der Waals surface area contributed by atoms with Gasteiger partial charge in [-0.15, -0.1) is 0 Å². The first-order chi connectivity index (χ1) is 9.13. The van der Waals surface area contributed by atoms with E-state index in [-0.39, 0.29) is 17.1 Å². The molecule has 0 N–H and O–H groups in total. The van der Waals surface area contributed by atoms with Gasteiger partial charge in [0.2, 0.25) is 0 Å². The van der Waals surface area contributed by atoms with Crippen LogP contribution in [0.1, 0.15) is 29.3 Å². The van der Waals surface area contributed by atoms with Crippen molar-refractivity contribution < 1.29 is 4.79 Å². The maximum absolute atomic E-state index is 12.5. The summed E-state index contributed by atoms with van der Waals surface area (Å²) in [4.78, 5) is 12.5. The summed E-state index contributed by atoms with van der Waals surface area (Å²) >= 11 is 6.11. The summed E-state index contributed by atoms with van der Waals surface area (Å²) in [5.74, 6) is 0.215. The third kappa shape index (κ3) is 2.08. The molecule has 19 heavy (non-hydrogen) atoms. The number of Topliss-reactive ketones (excluding diaryl/α,β-unsaturated/α-hetero) is 1. The van der Waals surface area contributed by atoms with Gasteiger partial charge in [-0.05, 0) is 24.1 Å². The third-order valence-electron chi connectivity index (χ3n) is 4.13. The standard InChI is InChI=1S/C17H15ClO/c1-17(12-7-3-2-4-8-12)11-14(17)16(19)13-9-5-6-10-15(13)18/h2-10,14H,11H2,1H3/t14-,17-/m0/s1. The highest BCUT2D eigenvalue weighted by Crippen LogP contribution is 2.55. The molecule has 0 saturated heterocycles. The molecule has 1 aliphatic carbocycles. The molecule has 1 nitrogen and oxygen atoms in total. The van der Waals surface area contributed by atoms with E-state index in [0.717, 1.165) is 6.42 Å². The zero-order valence-electron chi connectivity index (χ0n) is 10.8. The predicted molar refractivity (Wildman–Crippen MR) is 77.7 cm³/mol. The molecule has 0 bridgehead atoms. The normalized spacial score (nSPS) is 25.1. The SMILES string of the molecule is C[C@@]1(c2ccccc2)C[C@H]1C(=O)c1ccccc1Cl. The molecule has 2 aromatic rings. The van der Waals surface area contributed by atoms with Gasteiger partial charge in [-0.3, -0.25) is 4.79 Å². The molecule has 1 fully saturated rings. The molecule has 0 unspecified atom stereocenters. The van der Waals surface area contributed by atoms with E-state index in [9.17, 15) is 4.79 Å². The van der Waals surface area contributed by atoms with Crippen molar-refractivity contribution in [2.75, 3.05) is 0 Å². The Balaban J connectivity index is 1.87. The lowest BCUT2D eigenvalue weighted by molar-refractivity contribution is 0.0959. The van der Waals surface area contributed by atoms with E-state index in [1.165, 1.54) is 5.56 Å². The van der Waals surface area contributed by atoms with Crippen LogP contribution in [0.25, 0.3) is 0 Å². The van der Waals surface area contributed by atoms with Crippen LogP contribution in [0.4, 0.5) is 0 Å². The highest BCUT2D eigenvalue weighted by molar-refractivity contribution is 6.34. The number of ketones is 1. The Bertz CT molecular complexity index is 620. The van der Waals surface area contributed by atoms with E-state index in [2.05, 4.69) is 19.1 Å². The smallest absolute Gasteiger partial charge is 0.168 e. The molecule has 96 valence electrons. The van der Waals surface area contributed by atoms with Crippen LogP contribution in [-0.2, 0) is 5.41 Å². The quantitative estimate of drug-likeness (QED) is 0.751. The van der Waals surface area contributed by atoms with Crippen molar-refractivity contribution in [1.29, 1.82) is 0 Å². The number of rotatable bonds is 3. The Morgan fingerprint density at radius 2 is 1.74 bits per heavy atom. The van der Waals surface area contributed by atoms with E-state index in [1.807, 2.05) is 36.4 Å². The molecule has 1 saturated carbocycles. The van der Waals surface area contributed by atoms with Gasteiger partial charge < -0.3 is 0 Å². The summed E-state index contributed by atoms with van der Waals surface area (Å²) in [7, 11) is 0. The van der Waals surface area contributed by atoms with E-state index in [0.29, 0.717) is 10.6 Å². The number of carbonyl (C=O) groups excluding carboxylic acids is 1. The fourth-order valence-electron chi connectivity index (χ4n) is 2.73. The molecular formula is C17H15ClO. The maximum atomic E-state index is 12.5. The second kappa shape index (κ2) is 4.50. The highest BCUT2D eigenvalue weighted by atomic mass is 35.5. The maximum Gasteiger partial charge on any atom is 0.168 e. The summed E-state index contributed by atoms with van der Waals surface area (Å²) in [5, 5.41) is 0.551. The largest absolute Gasteiger partial charge is 0.294 e. The molecule has 2 atom stereocenters. The fraction of sp³-hybridized carbons (Fsp3) is 0.235. The molecule has 2 heteroatoms. The minimum atomic E-state index is -0.0302. The van der Waals surface area contributed by atoms with Gasteiger partial charge >= 0.3 is 0 Å². The molecule has 0 amide bonds. The minimum absolute atomic E-state index is 0.0302. The number of benzene rings is 2. The van der Waals surface area contributed by atoms with E-state index < -0.39 is 0 Å². The third-order valence-corrected chi connectivity index (χ3v) is 4.46. The zero-order chi connectivity index (χ0) is 13.5. The minimum Gasteiger partial charge on any atom is -0.294 e. The van der Waals surface area contributed by atoms with Gasteiger partial charge in [-0.2, -0.15) is 0 Å². The van der Waals surface area contributed by atoms with Crippen LogP contribution in [0.2, 0.25) is 5.02 Å². The molecule has 0 spiro atoms. The number of halogens is 1. The average molecular weight is 271 g/mol. The van der Waals surface area contributed by atoms with Crippen molar-refractivity contribution in [3.05, 3.63) is 70.7 Å². The lowest BCUT2D eigenvalue weighted by atomic mass is 9.92. The van der Waals surface area contributed by atoms with Gasteiger partial charge in [0.05, 0.1) is 5.02 Å². The van der Waals surface area contributed by atoms with Crippen LogP contribution < -0.4 is 0 Å². The zero-order valence-corrected chi connectivity index (χ0v) is 11.5. The first kappa shape index (κ1) is 12.4. The topological polar surface area (TPSA) is 17.1 Å². The van der Waals surface area contributed by atoms with Crippen molar-refractivity contribution in [3.8, 4) is 0 Å².